The third-order valence-corrected chi connectivity index (χ3v) is 6.47. The molecule has 10 heteroatoms. The van der Waals surface area contributed by atoms with E-state index in [0.29, 0.717) is 23.4 Å². The van der Waals surface area contributed by atoms with Crippen LogP contribution in [0.4, 0.5) is 21.9 Å². The van der Waals surface area contributed by atoms with Crippen molar-refractivity contribution in [3.63, 3.8) is 0 Å². The van der Waals surface area contributed by atoms with Crippen LogP contribution < -0.4 is 15.1 Å². The summed E-state index contributed by atoms with van der Waals surface area (Å²) in [5.74, 6) is -1.35. The van der Waals surface area contributed by atoms with E-state index in [0.717, 1.165) is 10.6 Å². The summed E-state index contributed by atoms with van der Waals surface area (Å²) >= 11 is 5.95. The van der Waals surface area contributed by atoms with E-state index in [4.69, 9.17) is 11.6 Å². The number of nitro benzene ring substituents is 1. The number of non-ortho nitro benzene ring substituents is 1. The van der Waals surface area contributed by atoms with E-state index in [2.05, 4.69) is 5.32 Å². The minimum atomic E-state index is -1.62. The number of imide groups is 2. The molecular formula is C22H21ClN4O5. The van der Waals surface area contributed by atoms with Crippen molar-refractivity contribution in [3.05, 3.63) is 63.2 Å². The van der Waals surface area contributed by atoms with Gasteiger partial charge in [0.1, 0.15) is 0 Å². The quantitative estimate of drug-likeness (QED) is 0.426. The molecule has 4 rings (SSSR count). The number of nitro groups is 1. The van der Waals surface area contributed by atoms with Crippen LogP contribution in [0.25, 0.3) is 0 Å². The topological polar surface area (TPSA) is 113 Å². The summed E-state index contributed by atoms with van der Waals surface area (Å²) in [6, 6.07) is 9.21. The zero-order chi connectivity index (χ0) is 23.2. The second-order valence-corrected chi connectivity index (χ2v) is 8.45. The molecular weight excluding hydrogens is 436 g/mol. The highest BCUT2D eigenvalue weighted by atomic mass is 35.5. The number of fused-ring (bicyclic) bond motifs is 1. The van der Waals surface area contributed by atoms with Crippen molar-refractivity contribution in [2.45, 2.75) is 32.2 Å². The molecule has 0 aromatic heterocycles. The van der Waals surface area contributed by atoms with Crippen molar-refractivity contribution in [1.82, 2.24) is 5.32 Å². The highest BCUT2D eigenvalue weighted by Gasteiger charge is 2.61. The highest BCUT2D eigenvalue weighted by Crippen LogP contribution is 2.46. The summed E-state index contributed by atoms with van der Waals surface area (Å²) < 4.78 is 0. The van der Waals surface area contributed by atoms with Crippen molar-refractivity contribution in [3.8, 4) is 0 Å². The maximum Gasteiger partial charge on any atom is 0.335 e. The molecule has 32 heavy (non-hydrogen) atoms. The fourth-order valence-corrected chi connectivity index (χ4v) is 4.86. The van der Waals surface area contributed by atoms with Gasteiger partial charge in [-0.05, 0) is 42.3 Å². The van der Waals surface area contributed by atoms with Gasteiger partial charge in [-0.25, -0.2) is 9.69 Å². The lowest BCUT2D eigenvalue weighted by atomic mass is 9.67. The number of carbonyl (C=O) groups excluding carboxylic acids is 3. The van der Waals surface area contributed by atoms with Crippen molar-refractivity contribution >= 4 is 46.5 Å². The van der Waals surface area contributed by atoms with Gasteiger partial charge in [0, 0.05) is 36.3 Å². The van der Waals surface area contributed by atoms with Crippen molar-refractivity contribution in [2.75, 3.05) is 16.8 Å². The number of hydrogen-bond acceptors (Lipinski definition) is 6. The molecule has 1 saturated heterocycles. The summed E-state index contributed by atoms with van der Waals surface area (Å²) in [4.78, 5) is 53.5. The SMILES string of the molecule is CCCC1N(C)c2ccc([N+](=O)[O-])cc2CC12C(=O)NC(=O)N(c1ccc(Cl)cc1)C2=O. The zero-order valence-corrected chi connectivity index (χ0v) is 18.3. The fourth-order valence-electron chi connectivity index (χ4n) is 4.73. The molecule has 2 aliphatic rings. The van der Waals surface area contributed by atoms with Crippen LogP contribution >= 0.6 is 11.6 Å². The van der Waals surface area contributed by atoms with E-state index in [1.807, 2.05) is 11.8 Å². The average Bonchev–Trinajstić information content (AvgIpc) is 2.75. The number of rotatable bonds is 4. The van der Waals surface area contributed by atoms with Gasteiger partial charge < -0.3 is 4.90 Å². The number of nitrogens with zero attached hydrogens (tertiary/aromatic N) is 3. The number of halogens is 1. The van der Waals surface area contributed by atoms with Gasteiger partial charge in [-0.15, -0.1) is 0 Å². The number of nitrogens with one attached hydrogen (secondary N) is 1. The Morgan fingerprint density at radius 3 is 2.50 bits per heavy atom. The minimum Gasteiger partial charge on any atom is -0.370 e. The number of urea groups is 1. The lowest BCUT2D eigenvalue weighted by molar-refractivity contribution is -0.384. The molecule has 0 bridgehead atoms. The first-order valence-electron chi connectivity index (χ1n) is 10.2. The minimum absolute atomic E-state index is 0.0545. The van der Waals surface area contributed by atoms with Gasteiger partial charge in [0.05, 0.1) is 16.7 Å². The van der Waals surface area contributed by atoms with Crippen LogP contribution in [0.1, 0.15) is 25.3 Å². The Morgan fingerprint density at radius 1 is 1.19 bits per heavy atom. The first kappa shape index (κ1) is 21.8. The molecule has 2 atom stereocenters. The molecule has 1 spiro atoms. The molecule has 9 nitrogen and oxygen atoms in total. The maximum absolute atomic E-state index is 13.9. The molecule has 166 valence electrons. The van der Waals surface area contributed by atoms with Crippen LogP contribution in [0.3, 0.4) is 0 Å². The number of anilines is 2. The van der Waals surface area contributed by atoms with E-state index in [9.17, 15) is 24.5 Å². The summed E-state index contributed by atoms with van der Waals surface area (Å²) in [7, 11) is 1.76. The molecule has 2 aromatic carbocycles. The molecule has 0 saturated carbocycles. The third kappa shape index (κ3) is 3.20. The Labute approximate surface area is 189 Å². The predicted molar refractivity (Wildman–Crippen MR) is 119 cm³/mol. The predicted octanol–water partition coefficient (Wildman–Crippen LogP) is 3.68. The summed E-state index contributed by atoms with van der Waals surface area (Å²) in [5.41, 5.74) is -0.249. The zero-order valence-electron chi connectivity index (χ0n) is 17.5. The Bertz CT molecular complexity index is 1140. The first-order chi connectivity index (χ1) is 15.2. The molecule has 1 N–H and O–H groups in total. The van der Waals surface area contributed by atoms with Gasteiger partial charge in [0.15, 0.2) is 5.41 Å². The standard InChI is InChI=1S/C22H21ClN4O5/c1-3-4-18-22(12-13-11-16(27(31)32)9-10-17(13)25(18)2)19(28)24-21(30)26(20(22)29)15-7-5-14(23)6-8-15/h5-11,18H,3-4,12H2,1-2H3,(H,24,28,30). The van der Waals surface area contributed by atoms with Gasteiger partial charge in [-0.3, -0.25) is 25.0 Å². The Balaban J connectivity index is 1.88. The van der Waals surface area contributed by atoms with Gasteiger partial charge in [-0.2, -0.15) is 0 Å². The monoisotopic (exact) mass is 456 g/mol. The van der Waals surface area contributed by atoms with Gasteiger partial charge >= 0.3 is 6.03 Å². The molecule has 1 fully saturated rings. The number of hydrogen-bond donors (Lipinski definition) is 1. The molecule has 2 aliphatic heterocycles. The summed E-state index contributed by atoms with van der Waals surface area (Å²) in [5, 5.41) is 14.1. The number of barbiturate groups is 1. The Kier molecular flexibility index (Phi) is 5.37. The number of amides is 4. The van der Waals surface area contributed by atoms with Gasteiger partial charge in [-0.1, -0.05) is 24.9 Å². The number of carbonyl (C=O) groups is 3. The van der Waals surface area contributed by atoms with Gasteiger partial charge in [0.25, 0.3) is 11.6 Å². The Hall–Kier alpha value is -3.46. The van der Waals surface area contributed by atoms with Gasteiger partial charge in [0.2, 0.25) is 5.91 Å². The molecule has 2 heterocycles. The highest BCUT2D eigenvalue weighted by molar-refractivity contribution is 6.32. The summed E-state index contributed by atoms with van der Waals surface area (Å²) in [6.45, 7) is 1.94. The maximum atomic E-state index is 13.9. The van der Waals surface area contributed by atoms with Crippen LogP contribution in [0.2, 0.25) is 5.02 Å². The van der Waals surface area contributed by atoms with Crippen LogP contribution in [0.5, 0.6) is 0 Å². The number of benzene rings is 2. The van der Waals surface area contributed by atoms with E-state index in [1.54, 1.807) is 25.2 Å². The molecule has 2 aromatic rings. The van der Waals surface area contributed by atoms with Crippen molar-refractivity contribution in [1.29, 1.82) is 0 Å². The third-order valence-electron chi connectivity index (χ3n) is 6.22. The van der Waals surface area contributed by atoms with Crippen LogP contribution in [0.15, 0.2) is 42.5 Å². The second-order valence-electron chi connectivity index (χ2n) is 8.01. The average molecular weight is 457 g/mol. The normalized spacial score (nSPS) is 22.7. The van der Waals surface area contributed by atoms with E-state index in [1.165, 1.54) is 24.3 Å². The lowest BCUT2D eigenvalue weighted by Gasteiger charge is -2.50. The molecule has 0 aliphatic carbocycles. The smallest absolute Gasteiger partial charge is 0.335 e. The molecule has 4 amide bonds. The van der Waals surface area contributed by atoms with E-state index >= 15 is 0 Å². The van der Waals surface area contributed by atoms with Crippen LogP contribution in [0, 0.1) is 15.5 Å². The largest absolute Gasteiger partial charge is 0.370 e. The molecule has 0 radical (unpaired) electrons. The first-order valence-corrected chi connectivity index (χ1v) is 10.5. The van der Waals surface area contributed by atoms with Crippen molar-refractivity contribution < 1.29 is 19.3 Å². The van der Waals surface area contributed by atoms with Crippen molar-refractivity contribution in [2.24, 2.45) is 5.41 Å². The van der Waals surface area contributed by atoms with Crippen LogP contribution in [-0.2, 0) is 16.0 Å². The van der Waals surface area contributed by atoms with E-state index in [-0.39, 0.29) is 17.8 Å². The lowest BCUT2D eigenvalue weighted by Crippen LogP contribution is -2.72. The van der Waals surface area contributed by atoms with Crippen LogP contribution in [-0.4, -0.2) is 35.9 Å². The molecule has 2 unspecified atom stereocenters. The second kappa shape index (κ2) is 7.90. The fraction of sp³-hybridized carbons (Fsp3) is 0.318. The van der Waals surface area contributed by atoms with E-state index < -0.39 is 34.2 Å². The summed E-state index contributed by atoms with van der Waals surface area (Å²) in [6.07, 6.45) is 1.14. The Morgan fingerprint density at radius 2 is 1.88 bits per heavy atom.